The lowest BCUT2D eigenvalue weighted by atomic mass is 9.85. The maximum Gasteiger partial charge on any atom is 0.230 e. The molecule has 1 unspecified atom stereocenters. The Morgan fingerprint density at radius 1 is 1.15 bits per heavy atom. The van der Waals surface area contributed by atoms with Crippen molar-refractivity contribution in [2.24, 2.45) is 5.41 Å². The normalized spacial score (nSPS) is 23.2. The number of ether oxygens (including phenoxy) is 3. The van der Waals surface area contributed by atoms with E-state index in [0.29, 0.717) is 25.7 Å². The third-order valence-corrected chi connectivity index (χ3v) is 5.53. The number of nitrogens with zero attached hydrogens (tertiary/aromatic N) is 2. The van der Waals surface area contributed by atoms with E-state index in [1.165, 1.54) is 5.56 Å². The van der Waals surface area contributed by atoms with Gasteiger partial charge >= 0.3 is 0 Å². The quantitative estimate of drug-likeness (QED) is 0.709. The van der Waals surface area contributed by atoms with E-state index in [4.69, 9.17) is 14.2 Å². The Morgan fingerprint density at radius 3 is 2.69 bits per heavy atom. The Labute approximate surface area is 156 Å². The molecular formula is C20H30N2O4. The van der Waals surface area contributed by atoms with Crippen LogP contribution < -0.4 is 9.47 Å². The summed E-state index contributed by atoms with van der Waals surface area (Å²) in [6.07, 6.45) is 1.90. The molecule has 2 aliphatic heterocycles. The van der Waals surface area contributed by atoms with E-state index in [0.717, 1.165) is 50.5 Å². The maximum absolute atomic E-state index is 12.9. The van der Waals surface area contributed by atoms with Gasteiger partial charge in [0.1, 0.15) is 0 Å². The Kier molecular flexibility index (Phi) is 6.04. The summed E-state index contributed by atoms with van der Waals surface area (Å²) in [4.78, 5) is 17.2. The van der Waals surface area contributed by atoms with Crippen LogP contribution in [0.3, 0.4) is 0 Å². The van der Waals surface area contributed by atoms with Crippen molar-refractivity contribution in [2.45, 2.75) is 26.3 Å². The number of rotatable bonds is 8. The fourth-order valence-corrected chi connectivity index (χ4v) is 4.12. The molecule has 0 bridgehead atoms. The number of benzene rings is 1. The zero-order valence-electron chi connectivity index (χ0n) is 16.1. The van der Waals surface area contributed by atoms with Crippen LogP contribution >= 0.6 is 0 Å². The highest BCUT2D eigenvalue weighted by Crippen LogP contribution is 2.41. The van der Waals surface area contributed by atoms with Crippen molar-refractivity contribution in [3.05, 3.63) is 23.8 Å². The van der Waals surface area contributed by atoms with Crippen molar-refractivity contribution in [2.75, 3.05) is 53.6 Å². The van der Waals surface area contributed by atoms with Crippen LogP contribution in [0.4, 0.5) is 0 Å². The second-order valence-corrected chi connectivity index (χ2v) is 7.19. The smallest absolute Gasteiger partial charge is 0.230 e. The molecule has 2 heterocycles. The van der Waals surface area contributed by atoms with Gasteiger partial charge in [0, 0.05) is 33.3 Å². The molecule has 6 nitrogen and oxygen atoms in total. The van der Waals surface area contributed by atoms with E-state index in [1.807, 2.05) is 24.0 Å². The van der Waals surface area contributed by atoms with Gasteiger partial charge in [0.15, 0.2) is 11.5 Å². The van der Waals surface area contributed by atoms with Crippen molar-refractivity contribution in [1.29, 1.82) is 0 Å². The predicted molar refractivity (Wildman–Crippen MR) is 99.6 cm³/mol. The van der Waals surface area contributed by atoms with Gasteiger partial charge in [0.2, 0.25) is 5.91 Å². The molecule has 1 aromatic carbocycles. The van der Waals surface area contributed by atoms with Crippen LogP contribution in [-0.2, 0) is 16.1 Å². The molecule has 1 amide bonds. The lowest BCUT2D eigenvalue weighted by molar-refractivity contribution is -0.136. The van der Waals surface area contributed by atoms with Gasteiger partial charge in [-0.3, -0.25) is 9.69 Å². The predicted octanol–water partition coefficient (Wildman–Crippen LogP) is 2.16. The average Bonchev–Trinajstić information content (AvgIpc) is 3.19. The Bertz CT molecular complexity index is 636. The van der Waals surface area contributed by atoms with E-state index >= 15 is 0 Å². The van der Waals surface area contributed by atoms with Crippen LogP contribution in [0.2, 0.25) is 0 Å². The van der Waals surface area contributed by atoms with Gasteiger partial charge in [-0.1, -0.05) is 6.07 Å². The van der Waals surface area contributed by atoms with Gasteiger partial charge in [-0.05, 0) is 44.0 Å². The number of amides is 1. The molecule has 3 rings (SSSR count). The number of hydrogen-bond donors (Lipinski definition) is 0. The molecule has 0 saturated carbocycles. The summed E-state index contributed by atoms with van der Waals surface area (Å²) in [6.45, 7) is 7.37. The van der Waals surface area contributed by atoms with Gasteiger partial charge in [-0.2, -0.15) is 0 Å². The maximum atomic E-state index is 12.9. The number of hydrogen-bond acceptors (Lipinski definition) is 5. The van der Waals surface area contributed by atoms with Crippen LogP contribution in [0.15, 0.2) is 18.2 Å². The molecule has 6 heteroatoms. The SMILES string of the molecule is CCOc1ccc(CN2CCC3(CCN(CCOC)C3=O)C2)cc1OC. The minimum atomic E-state index is -0.191. The van der Waals surface area contributed by atoms with Crippen LogP contribution in [-0.4, -0.2) is 69.3 Å². The zero-order valence-corrected chi connectivity index (χ0v) is 16.1. The number of carbonyl (C=O) groups excluding carboxylic acids is 1. The molecule has 2 aliphatic rings. The third kappa shape index (κ3) is 3.81. The molecule has 1 atom stereocenters. The Hall–Kier alpha value is -1.79. The highest BCUT2D eigenvalue weighted by Gasteiger charge is 2.50. The summed E-state index contributed by atoms with van der Waals surface area (Å²) in [5.74, 6) is 1.85. The summed E-state index contributed by atoms with van der Waals surface area (Å²) in [5, 5.41) is 0. The highest BCUT2D eigenvalue weighted by atomic mass is 16.5. The first-order valence-electron chi connectivity index (χ1n) is 9.42. The molecule has 1 spiro atoms. The Morgan fingerprint density at radius 2 is 1.96 bits per heavy atom. The monoisotopic (exact) mass is 362 g/mol. The average molecular weight is 362 g/mol. The molecule has 1 aromatic rings. The van der Waals surface area contributed by atoms with Gasteiger partial charge in [-0.25, -0.2) is 0 Å². The third-order valence-electron chi connectivity index (χ3n) is 5.53. The first-order valence-corrected chi connectivity index (χ1v) is 9.42. The molecule has 0 aromatic heterocycles. The summed E-state index contributed by atoms with van der Waals surface area (Å²) in [7, 11) is 3.34. The van der Waals surface area contributed by atoms with Gasteiger partial charge in [-0.15, -0.1) is 0 Å². The topological polar surface area (TPSA) is 51.2 Å². The van der Waals surface area contributed by atoms with Crippen LogP contribution in [0.5, 0.6) is 11.5 Å². The van der Waals surface area contributed by atoms with Gasteiger partial charge < -0.3 is 19.1 Å². The van der Waals surface area contributed by atoms with Crippen molar-refractivity contribution in [3.8, 4) is 11.5 Å². The van der Waals surface area contributed by atoms with E-state index in [1.54, 1.807) is 14.2 Å². The number of likely N-dealkylation sites (tertiary alicyclic amines) is 2. The minimum absolute atomic E-state index is 0.191. The van der Waals surface area contributed by atoms with Crippen molar-refractivity contribution in [3.63, 3.8) is 0 Å². The molecule has 2 fully saturated rings. The van der Waals surface area contributed by atoms with Gasteiger partial charge in [0.05, 0.1) is 25.7 Å². The Balaban J connectivity index is 1.62. The molecule has 0 N–H and O–H groups in total. The number of methoxy groups -OCH3 is 2. The molecule has 0 radical (unpaired) electrons. The van der Waals surface area contributed by atoms with E-state index in [-0.39, 0.29) is 5.41 Å². The summed E-state index contributed by atoms with van der Waals surface area (Å²) in [5.41, 5.74) is 0.993. The second kappa shape index (κ2) is 8.27. The second-order valence-electron chi connectivity index (χ2n) is 7.19. The van der Waals surface area contributed by atoms with E-state index in [9.17, 15) is 4.79 Å². The molecule has 144 valence electrons. The highest BCUT2D eigenvalue weighted by molar-refractivity contribution is 5.85. The first-order chi connectivity index (χ1) is 12.6. The van der Waals surface area contributed by atoms with E-state index in [2.05, 4.69) is 11.0 Å². The van der Waals surface area contributed by atoms with Crippen molar-refractivity contribution in [1.82, 2.24) is 9.80 Å². The lowest BCUT2D eigenvalue weighted by Crippen LogP contribution is -2.38. The fraction of sp³-hybridized carbons (Fsp3) is 0.650. The summed E-state index contributed by atoms with van der Waals surface area (Å²) >= 11 is 0. The van der Waals surface area contributed by atoms with Gasteiger partial charge in [0.25, 0.3) is 0 Å². The molecule has 0 aliphatic carbocycles. The summed E-state index contributed by atoms with van der Waals surface area (Å²) < 4.78 is 16.2. The molecule has 2 saturated heterocycles. The fourth-order valence-electron chi connectivity index (χ4n) is 4.12. The lowest BCUT2D eigenvalue weighted by Gasteiger charge is -2.24. The summed E-state index contributed by atoms with van der Waals surface area (Å²) in [6, 6.07) is 6.09. The molecular weight excluding hydrogens is 332 g/mol. The zero-order chi connectivity index (χ0) is 18.6. The van der Waals surface area contributed by atoms with Crippen LogP contribution in [0.25, 0.3) is 0 Å². The van der Waals surface area contributed by atoms with Crippen molar-refractivity contribution >= 4 is 5.91 Å². The van der Waals surface area contributed by atoms with Crippen LogP contribution in [0.1, 0.15) is 25.3 Å². The van der Waals surface area contributed by atoms with Crippen molar-refractivity contribution < 1.29 is 19.0 Å². The largest absolute Gasteiger partial charge is 0.493 e. The number of carbonyl (C=O) groups is 1. The molecule has 26 heavy (non-hydrogen) atoms. The standard InChI is InChI=1S/C20H30N2O4/c1-4-26-17-6-5-16(13-18(17)25-3)14-21-9-7-20(15-21)8-10-22(19(20)23)11-12-24-2/h5-6,13H,4,7-12,14-15H2,1-3H3. The minimum Gasteiger partial charge on any atom is -0.493 e. The first kappa shape index (κ1) is 19.0. The van der Waals surface area contributed by atoms with E-state index < -0.39 is 0 Å². The van der Waals surface area contributed by atoms with Crippen LogP contribution in [0, 0.1) is 5.41 Å².